The number of amides is 2. The molecule has 0 aliphatic heterocycles. The van der Waals surface area contributed by atoms with Crippen LogP contribution in [0.3, 0.4) is 0 Å². The molecule has 27 heavy (non-hydrogen) atoms. The molecule has 2 rings (SSSR count). The van der Waals surface area contributed by atoms with Gasteiger partial charge in [0.25, 0.3) is 5.69 Å². The van der Waals surface area contributed by atoms with Crippen LogP contribution in [0.1, 0.15) is 12.5 Å². The normalized spacial score (nSPS) is 10.3. The van der Waals surface area contributed by atoms with E-state index in [4.69, 9.17) is 0 Å². The van der Waals surface area contributed by atoms with Gasteiger partial charge in [-0.15, -0.1) is 11.8 Å². The number of nitro groups is 1. The number of benzene rings is 2. The lowest BCUT2D eigenvalue weighted by molar-refractivity contribution is -0.384. The summed E-state index contributed by atoms with van der Waals surface area (Å²) in [6.07, 6.45) is 0.803. The van der Waals surface area contributed by atoms with Gasteiger partial charge in [-0.25, -0.2) is 0 Å². The van der Waals surface area contributed by atoms with Crippen molar-refractivity contribution in [1.82, 2.24) is 4.90 Å². The second-order valence-electron chi connectivity index (χ2n) is 5.85. The molecule has 142 valence electrons. The molecule has 1 N–H and O–H groups in total. The monoisotopic (exact) mass is 387 g/mol. The molecule has 0 radical (unpaired) electrons. The molecule has 0 aromatic heterocycles. The summed E-state index contributed by atoms with van der Waals surface area (Å²) < 4.78 is 0. The summed E-state index contributed by atoms with van der Waals surface area (Å²) in [5, 5.41) is 13.5. The number of nitrogens with one attached hydrogen (secondary N) is 1. The molecule has 0 fully saturated rings. The minimum absolute atomic E-state index is 0.00632. The van der Waals surface area contributed by atoms with Crippen LogP contribution in [0.2, 0.25) is 0 Å². The van der Waals surface area contributed by atoms with Crippen molar-refractivity contribution in [1.29, 1.82) is 0 Å². The van der Waals surface area contributed by atoms with Crippen molar-refractivity contribution in [3.63, 3.8) is 0 Å². The Kier molecular flexibility index (Phi) is 7.36. The molecule has 0 heterocycles. The first kappa shape index (κ1) is 20.4. The number of carbonyl (C=O) groups is 2. The van der Waals surface area contributed by atoms with Crippen LogP contribution in [-0.4, -0.2) is 41.0 Å². The predicted molar refractivity (Wildman–Crippen MR) is 106 cm³/mol. The molecule has 2 aromatic rings. The van der Waals surface area contributed by atoms with Gasteiger partial charge in [0.2, 0.25) is 11.8 Å². The maximum Gasteiger partial charge on any atom is 0.269 e. The van der Waals surface area contributed by atoms with Crippen molar-refractivity contribution in [3.05, 3.63) is 64.2 Å². The summed E-state index contributed by atoms with van der Waals surface area (Å²) in [6, 6.07) is 13.6. The predicted octanol–water partition coefficient (Wildman–Crippen LogP) is 3.35. The number of likely N-dealkylation sites (N-methyl/N-ethyl adjacent to an activating group) is 1. The van der Waals surface area contributed by atoms with Crippen molar-refractivity contribution in [3.8, 4) is 0 Å². The van der Waals surface area contributed by atoms with E-state index in [1.165, 1.54) is 28.8 Å². The van der Waals surface area contributed by atoms with Gasteiger partial charge in [-0.05, 0) is 30.2 Å². The Bertz CT molecular complexity index is 824. The molecule has 0 unspecified atom stereocenters. The van der Waals surface area contributed by atoms with Crippen molar-refractivity contribution < 1.29 is 14.5 Å². The fourth-order valence-electron chi connectivity index (χ4n) is 2.36. The zero-order valence-electron chi connectivity index (χ0n) is 15.2. The summed E-state index contributed by atoms with van der Waals surface area (Å²) >= 11 is 1.27. The standard InChI is InChI=1S/C19H21N3O4S/c1-3-14-6-4-5-7-17(14)20-18(23)12-21(2)19(24)13-27-16-10-8-15(9-11-16)22(25)26/h4-11H,3,12-13H2,1-2H3,(H,20,23). The third-order valence-electron chi connectivity index (χ3n) is 3.89. The van der Waals surface area contributed by atoms with Crippen molar-refractivity contribution in [2.24, 2.45) is 0 Å². The second-order valence-corrected chi connectivity index (χ2v) is 6.90. The van der Waals surface area contributed by atoms with E-state index in [1.807, 2.05) is 31.2 Å². The lowest BCUT2D eigenvalue weighted by Crippen LogP contribution is -2.36. The number of hydrogen-bond donors (Lipinski definition) is 1. The summed E-state index contributed by atoms with van der Waals surface area (Å²) in [5.74, 6) is -0.308. The number of nitro benzene ring substituents is 1. The molecule has 0 aliphatic carbocycles. The average Bonchev–Trinajstić information content (AvgIpc) is 2.66. The van der Waals surface area contributed by atoms with Gasteiger partial charge in [-0.2, -0.15) is 0 Å². The first-order chi connectivity index (χ1) is 12.9. The fourth-order valence-corrected chi connectivity index (χ4v) is 3.20. The summed E-state index contributed by atoms with van der Waals surface area (Å²) in [4.78, 5) is 36.7. The maximum absolute atomic E-state index is 12.2. The fraction of sp³-hybridized carbons (Fsp3) is 0.263. The molecule has 0 atom stereocenters. The summed E-state index contributed by atoms with van der Waals surface area (Å²) in [6.45, 7) is 1.97. The average molecular weight is 387 g/mol. The largest absolute Gasteiger partial charge is 0.336 e. The van der Waals surface area contributed by atoms with Crippen molar-refractivity contribution in [2.45, 2.75) is 18.2 Å². The lowest BCUT2D eigenvalue weighted by Gasteiger charge is -2.17. The van der Waals surface area contributed by atoms with Gasteiger partial charge in [-0.3, -0.25) is 19.7 Å². The molecule has 2 aromatic carbocycles. The Balaban J connectivity index is 1.84. The zero-order chi connectivity index (χ0) is 19.8. The van der Waals surface area contributed by atoms with Crippen molar-refractivity contribution >= 4 is 35.0 Å². The molecule has 2 amide bonds. The van der Waals surface area contributed by atoms with E-state index >= 15 is 0 Å². The van der Waals surface area contributed by atoms with E-state index in [1.54, 1.807) is 19.2 Å². The number of rotatable bonds is 8. The van der Waals surface area contributed by atoms with E-state index in [2.05, 4.69) is 5.32 Å². The van der Waals surface area contributed by atoms with E-state index in [0.29, 0.717) is 0 Å². The van der Waals surface area contributed by atoms with Crippen molar-refractivity contribution in [2.75, 3.05) is 24.7 Å². The number of aryl methyl sites for hydroxylation is 1. The highest BCUT2D eigenvalue weighted by atomic mass is 32.2. The highest BCUT2D eigenvalue weighted by Gasteiger charge is 2.14. The third-order valence-corrected chi connectivity index (χ3v) is 4.89. The van der Waals surface area contributed by atoms with E-state index in [-0.39, 0.29) is 29.8 Å². The molecule has 0 spiro atoms. The maximum atomic E-state index is 12.2. The quantitative estimate of drug-likeness (QED) is 0.426. The molecular weight excluding hydrogens is 366 g/mol. The number of nitrogens with zero attached hydrogens (tertiary/aromatic N) is 2. The van der Waals surface area contributed by atoms with Crippen LogP contribution in [-0.2, 0) is 16.0 Å². The van der Waals surface area contributed by atoms with Gasteiger partial charge in [0.15, 0.2) is 0 Å². The van der Waals surface area contributed by atoms with Crippen LogP contribution in [0.25, 0.3) is 0 Å². The summed E-state index contributed by atoms with van der Waals surface area (Å²) in [5.41, 5.74) is 1.80. The van der Waals surface area contributed by atoms with Crippen LogP contribution in [0.5, 0.6) is 0 Å². The molecule has 7 nitrogen and oxygen atoms in total. The Labute approximate surface area is 161 Å². The first-order valence-electron chi connectivity index (χ1n) is 8.39. The minimum atomic E-state index is -0.470. The van der Waals surface area contributed by atoms with Crippen LogP contribution in [0, 0.1) is 10.1 Å². The van der Waals surface area contributed by atoms with E-state index < -0.39 is 4.92 Å². The molecule has 0 saturated heterocycles. The first-order valence-corrected chi connectivity index (χ1v) is 9.38. The zero-order valence-corrected chi connectivity index (χ0v) is 16.0. The third kappa shape index (κ3) is 6.10. The van der Waals surface area contributed by atoms with Gasteiger partial charge < -0.3 is 10.2 Å². The highest BCUT2D eigenvalue weighted by molar-refractivity contribution is 8.00. The van der Waals surface area contributed by atoms with Crippen LogP contribution >= 0.6 is 11.8 Å². The smallest absolute Gasteiger partial charge is 0.269 e. The van der Waals surface area contributed by atoms with Gasteiger partial charge >= 0.3 is 0 Å². The van der Waals surface area contributed by atoms with Crippen LogP contribution in [0.4, 0.5) is 11.4 Å². The Hall–Kier alpha value is -2.87. The minimum Gasteiger partial charge on any atom is -0.336 e. The number of anilines is 1. The number of para-hydroxylation sites is 1. The topological polar surface area (TPSA) is 92.6 Å². The molecule has 0 bridgehead atoms. The van der Waals surface area contributed by atoms with Crippen LogP contribution < -0.4 is 5.32 Å². The molecule has 0 aliphatic rings. The molecule has 0 saturated carbocycles. The summed E-state index contributed by atoms with van der Waals surface area (Å²) in [7, 11) is 1.57. The number of non-ortho nitro benzene ring substituents is 1. The lowest BCUT2D eigenvalue weighted by atomic mass is 10.1. The van der Waals surface area contributed by atoms with Gasteiger partial charge in [-0.1, -0.05) is 25.1 Å². The Morgan fingerprint density at radius 3 is 2.44 bits per heavy atom. The second kappa shape index (κ2) is 9.72. The highest BCUT2D eigenvalue weighted by Crippen LogP contribution is 2.21. The van der Waals surface area contributed by atoms with Gasteiger partial charge in [0, 0.05) is 29.8 Å². The van der Waals surface area contributed by atoms with Crippen LogP contribution in [0.15, 0.2) is 53.4 Å². The Morgan fingerprint density at radius 1 is 1.15 bits per heavy atom. The van der Waals surface area contributed by atoms with Gasteiger partial charge in [0.1, 0.15) is 0 Å². The van der Waals surface area contributed by atoms with Gasteiger partial charge in [0.05, 0.1) is 17.2 Å². The Morgan fingerprint density at radius 2 is 1.81 bits per heavy atom. The van der Waals surface area contributed by atoms with E-state index in [9.17, 15) is 19.7 Å². The van der Waals surface area contributed by atoms with E-state index in [0.717, 1.165) is 22.6 Å². The molecular formula is C19H21N3O4S. The number of carbonyl (C=O) groups excluding carboxylic acids is 2. The number of thioether (sulfide) groups is 1. The molecule has 8 heteroatoms. The number of hydrogen-bond acceptors (Lipinski definition) is 5. The SMILES string of the molecule is CCc1ccccc1NC(=O)CN(C)C(=O)CSc1ccc([N+](=O)[O-])cc1.